The molecule has 0 aromatic rings. The lowest BCUT2D eigenvalue weighted by atomic mass is 10.2. The van der Waals surface area contributed by atoms with E-state index in [0.717, 1.165) is 12.1 Å². The maximum atomic E-state index is 8.37. The van der Waals surface area contributed by atoms with E-state index in [-0.39, 0.29) is 0 Å². The SMILES string of the molecule is N#CC1=CCN(Br)C=C1. The third kappa shape index (κ3) is 1.58. The van der Waals surface area contributed by atoms with Crippen LogP contribution in [0.1, 0.15) is 0 Å². The molecule has 1 heterocycles. The fourth-order valence-corrected chi connectivity index (χ4v) is 0.822. The molecule has 46 valence electrons. The molecule has 0 spiro atoms. The molecule has 0 aromatic carbocycles. The highest BCUT2D eigenvalue weighted by Gasteiger charge is 1.98. The topological polar surface area (TPSA) is 27.0 Å². The second-order valence-corrected chi connectivity index (χ2v) is 2.58. The van der Waals surface area contributed by atoms with Crippen LogP contribution < -0.4 is 0 Å². The molecule has 0 aromatic heterocycles. The molecule has 0 bridgehead atoms. The standard InChI is InChI=1S/C6H5BrN2/c7-9-3-1-6(5-8)2-4-9/h1-3H,4H2. The van der Waals surface area contributed by atoms with Gasteiger partial charge in [0, 0.05) is 28.9 Å². The molecule has 3 heteroatoms. The van der Waals surface area contributed by atoms with E-state index >= 15 is 0 Å². The predicted octanol–water partition coefficient (Wildman–Crippen LogP) is 1.58. The first-order valence-corrected chi connectivity index (χ1v) is 3.25. The van der Waals surface area contributed by atoms with Crippen molar-refractivity contribution in [1.29, 1.82) is 5.26 Å². The number of nitriles is 1. The lowest BCUT2D eigenvalue weighted by Gasteiger charge is -2.10. The summed E-state index contributed by atoms with van der Waals surface area (Å²) in [6.45, 7) is 0.763. The van der Waals surface area contributed by atoms with Crippen LogP contribution in [0.4, 0.5) is 0 Å². The summed E-state index contributed by atoms with van der Waals surface area (Å²) in [7, 11) is 0. The van der Waals surface area contributed by atoms with Gasteiger partial charge in [0.1, 0.15) is 0 Å². The third-order valence-electron chi connectivity index (χ3n) is 1.03. The normalized spacial score (nSPS) is 16.9. The van der Waals surface area contributed by atoms with Crippen molar-refractivity contribution in [1.82, 2.24) is 3.93 Å². The van der Waals surface area contributed by atoms with Gasteiger partial charge in [-0.15, -0.1) is 0 Å². The molecule has 1 rings (SSSR count). The molecular weight excluding hydrogens is 180 g/mol. The average Bonchev–Trinajstić information content (AvgIpc) is 1.90. The Bertz CT molecular complexity index is 200. The molecule has 2 nitrogen and oxygen atoms in total. The van der Waals surface area contributed by atoms with Crippen molar-refractivity contribution in [3.63, 3.8) is 0 Å². The summed E-state index contributed by atoms with van der Waals surface area (Å²) >= 11 is 3.24. The molecule has 1 aliphatic heterocycles. The van der Waals surface area contributed by atoms with Crippen LogP contribution in [0, 0.1) is 11.3 Å². The largest absolute Gasteiger partial charge is 0.312 e. The van der Waals surface area contributed by atoms with Crippen molar-refractivity contribution in [3.05, 3.63) is 23.9 Å². The second-order valence-electron chi connectivity index (χ2n) is 1.67. The van der Waals surface area contributed by atoms with Crippen LogP contribution >= 0.6 is 16.1 Å². The van der Waals surface area contributed by atoms with Gasteiger partial charge < -0.3 is 3.93 Å². The number of hydrogen-bond donors (Lipinski definition) is 0. The zero-order chi connectivity index (χ0) is 6.69. The lowest BCUT2D eigenvalue weighted by Crippen LogP contribution is -2.05. The highest BCUT2D eigenvalue weighted by Crippen LogP contribution is 2.08. The minimum Gasteiger partial charge on any atom is -0.312 e. The van der Waals surface area contributed by atoms with Gasteiger partial charge in [-0.25, -0.2) is 0 Å². The highest BCUT2D eigenvalue weighted by molar-refractivity contribution is 9.07. The molecule has 0 atom stereocenters. The number of rotatable bonds is 0. The quantitative estimate of drug-likeness (QED) is 0.535. The van der Waals surface area contributed by atoms with Crippen molar-refractivity contribution >= 4 is 16.1 Å². The Labute approximate surface area is 62.4 Å². The third-order valence-corrected chi connectivity index (χ3v) is 1.56. The van der Waals surface area contributed by atoms with Crippen LogP contribution in [0.3, 0.4) is 0 Å². The van der Waals surface area contributed by atoms with E-state index in [9.17, 15) is 0 Å². The number of halogens is 1. The van der Waals surface area contributed by atoms with Gasteiger partial charge in [0.2, 0.25) is 0 Å². The Morgan fingerprint density at radius 2 is 2.56 bits per heavy atom. The summed E-state index contributed by atoms with van der Waals surface area (Å²) in [4.78, 5) is 0. The first-order chi connectivity index (χ1) is 4.33. The smallest absolute Gasteiger partial charge is 0.0989 e. The van der Waals surface area contributed by atoms with Gasteiger partial charge in [0.05, 0.1) is 11.6 Å². The molecule has 0 radical (unpaired) electrons. The van der Waals surface area contributed by atoms with E-state index in [1.807, 2.05) is 16.2 Å². The fourth-order valence-electron chi connectivity index (χ4n) is 0.559. The monoisotopic (exact) mass is 184 g/mol. The van der Waals surface area contributed by atoms with E-state index in [2.05, 4.69) is 22.2 Å². The summed E-state index contributed by atoms with van der Waals surface area (Å²) in [5, 5.41) is 8.37. The molecule has 0 N–H and O–H groups in total. The Morgan fingerprint density at radius 1 is 1.78 bits per heavy atom. The van der Waals surface area contributed by atoms with Gasteiger partial charge in [0.15, 0.2) is 0 Å². The molecule has 0 unspecified atom stereocenters. The van der Waals surface area contributed by atoms with E-state index in [1.165, 1.54) is 0 Å². The van der Waals surface area contributed by atoms with Crippen LogP contribution in [0.15, 0.2) is 23.9 Å². The number of hydrogen-bond acceptors (Lipinski definition) is 2. The summed E-state index contributed by atoms with van der Waals surface area (Å²) < 4.78 is 1.83. The molecule has 0 amide bonds. The van der Waals surface area contributed by atoms with Crippen molar-refractivity contribution in [2.24, 2.45) is 0 Å². The van der Waals surface area contributed by atoms with Crippen molar-refractivity contribution < 1.29 is 0 Å². The average molecular weight is 185 g/mol. The minimum absolute atomic E-state index is 0.728. The summed E-state index contributed by atoms with van der Waals surface area (Å²) in [6, 6.07) is 2.05. The van der Waals surface area contributed by atoms with Gasteiger partial charge >= 0.3 is 0 Å². The molecule has 0 fully saturated rings. The van der Waals surface area contributed by atoms with Crippen molar-refractivity contribution in [3.8, 4) is 6.07 Å². The van der Waals surface area contributed by atoms with Gasteiger partial charge in [-0.3, -0.25) is 0 Å². The lowest BCUT2D eigenvalue weighted by molar-refractivity contribution is 0.711. The van der Waals surface area contributed by atoms with Gasteiger partial charge in [0.25, 0.3) is 0 Å². The second kappa shape index (κ2) is 2.70. The Morgan fingerprint density at radius 3 is 3.00 bits per heavy atom. The molecule has 0 saturated carbocycles. The Hall–Kier alpha value is -0.750. The zero-order valence-electron chi connectivity index (χ0n) is 4.71. The first-order valence-electron chi connectivity index (χ1n) is 2.54. The van der Waals surface area contributed by atoms with Gasteiger partial charge in [-0.05, 0) is 12.2 Å². The van der Waals surface area contributed by atoms with Crippen LogP contribution in [0.2, 0.25) is 0 Å². The summed E-state index contributed by atoms with van der Waals surface area (Å²) in [5.41, 5.74) is 0.728. The maximum Gasteiger partial charge on any atom is 0.0989 e. The van der Waals surface area contributed by atoms with E-state index in [1.54, 1.807) is 6.08 Å². The van der Waals surface area contributed by atoms with Crippen molar-refractivity contribution in [2.45, 2.75) is 0 Å². The Kier molecular flexibility index (Phi) is 1.91. The summed E-state index contributed by atoms with van der Waals surface area (Å²) in [6.07, 6.45) is 5.44. The molecule has 0 saturated heterocycles. The number of nitrogens with zero attached hydrogens (tertiary/aromatic N) is 2. The summed E-state index contributed by atoms with van der Waals surface area (Å²) in [5.74, 6) is 0. The van der Waals surface area contributed by atoms with Crippen molar-refractivity contribution in [2.75, 3.05) is 6.54 Å². The van der Waals surface area contributed by atoms with Crippen LogP contribution in [-0.2, 0) is 0 Å². The van der Waals surface area contributed by atoms with Gasteiger partial charge in [-0.1, -0.05) is 0 Å². The van der Waals surface area contributed by atoms with Crippen LogP contribution in [0.25, 0.3) is 0 Å². The highest BCUT2D eigenvalue weighted by atomic mass is 79.9. The molecule has 0 aliphatic carbocycles. The van der Waals surface area contributed by atoms with Crippen LogP contribution in [0.5, 0.6) is 0 Å². The molecule has 1 aliphatic rings. The molecular formula is C6H5BrN2. The van der Waals surface area contributed by atoms with Crippen LogP contribution in [-0.4, -0.2) is 10.5 Å². The first kappa shape index (κ1) is 6.37. The predicted molar refractivity (Wildman–Crippen MR) is 38.5 cm³/mol. The zero-order valence-corrected chi connectivity index (χ0v) is 6.30. The minimum atomic E-state index is 0.728. The Balaban J connectivity index is 2.66. The number of allylic oxidation sites excluding steroid dienone is 2. The van der Waals surface area contributed by atoms with E-state index in [4.69, 9.17) is 5.26 Å². The van der Waals surface area contributed by atoms with E-state index in [0.29, 0.717) is 0 Å². The fraction of sp³-hybridized carbons (Fsp3) is 0.167. The maximum absolute atomic E-state index is 8.37. The van der Waals surface area contributed by atoms with E-state index < -0.39 is 0 Å². The van der Waals surface area contributed by atoms with Gasteiger partial charge in [-0.2, -0.15) is 5.26 Å². The molecule has 9 heavy (non-hydrogen) atoms.